The SMILES string of the molecule is CCOC(=O)c1c(NC(=O)/C=C/c2ccc(OCOC)cc2)sc2c1C(C(=O)OCC)CCC2. The maximum Gasteiger partial charge on any atom is 0.341 e. The van der Waals surface area contributed by atoms with Crippen molar-refractivity contribution in [2.45, 2.75) is 39.0 Å². The second kappa shape index (κ2) is 12.3. The lowest BCUT2D eigenvalue weighted by molar-refractivity contribution is -0.145. The van der Waals surface area contributed by atoms with Crippen LogP contribution >= 0.6 is 11.3 Å². The van der Waals surface area contributed by atoms with E-state index < -0.39 is 17.8 Å². The minimum Gasteiger partial charge on any atom is -0.468 e. The summed E-state index contributed by atoms with van der Waals surface area (Å²) in [6.07, 6.45) is 5.17. The zero-order valence-electron chi connectivity index (χ0n) is 19.6. The molecule has 0 fully saturated rings. The van der Waals surface area contributed by atoms with Gasteiger partial charge in [0.15, 0.2) is 6.79 Å². The molecular weight excluding hydrogens is 458 g/mol. The van der Waals surface area contributed by atoms with Crippen molar-refractivity contribution in [3.05, 3.63) is 51.9 Å². The van der Waals surface area contributed by atoms with Gasteiger partial charge in [0.1, 0.15) is 10.8 Å². The molecule has 0 aliphatic heterocycles. The smallest absolute Gasteiger partial charge is 0.341 e. The van der Waals surface area contributed by atoms with E-state index in [0.717, 1.165) is 23.3 Å². The van der Waals surface area contributed by atoms with Gasteiger partial charge in [0.05, 0.1) is 24.7 Å². The standard InChI is InChI=1S/C25H29NO7S/c1-4-31-24(28)18-7-6-8-19-21(18)22(25(29)32-5-2)23(34-19)26-20(27)14-11-16-9-12-17(13-10-16)33-15-30-3/h9-14,18H,4-8,15H2,1-3H3,(H,26,27)/b14-11+. The monoisotopic (exact) mass is 487 g/mol. The number of fused-ring (bicyclic) bond motifs is 1. The van der Waals surface area contributed by atoms with Crippen molar-refractivity contribution in [1.82, 2.24) is 0 Å². The predicted molar refractivity (Wildman–Crippen MR) is 129 cm³/mol. The van der Waals surface area contributed by atoms with Gasteiger partial charge in [-0.25, -0.2) is 4.79 Å². The Morgan fingerprint density at radius 2 is 1.85 bits per heavy atom. The van der Waals surface area contributed by atoms with Crippen LogP contribution in [0.4, 0.5) is 5.00 Å². The number of anilines is 1. The number of benzene rings is 1. The quantitative estimate of drug-likeness (QED) is 0.298. The van der Waals surface area contributed by atoms with Gasteiger partial charge in [0.2, 0.25) is 5.91 Å². The Labute approximate surface area is 202 Å². The highest BCUT2D eigenvalue weighted by Gasteiger charge is 2.36. The van der Waals surface area contributed by atoms with E-state index in [0.29, 0.717) is 22.7 Å². The third-order valence-electron chi connectivity index (χ3n) is 5.21. The molecule has 182 valence electrons. The van der Waals surface area contributed by atoms with Gasteiger partial charge in [0.25, 0.3) is 0 Å². The first-order chi connectivity index (χ1) is 16.5. The van der Waals surface area contributed by atoms with E-state index in [1.54, 1.807) is 39.2 Å². The Hall–Kier alpha value is -3.17. The van der Waals surface area contributed by atoms with Crippen molar-refractivity contribution in [3.8, 4) is 5.75 Å². The number of thiophene rings is 1. The van der Waals surface area contributed by atoms with Crippen LogP contribution in [0.2, 0.25) is 0 Å². The molecule has 1 aromatic carbocycles. The Bertz CT molecular complexity index is 1040. The first-order valence-corrected chi connectivity index (χ1v) is 12.0. The highest BCUT2D eigenvalue weighted by molar-refractivity contribution is 7.17. The highest BCUT2D eigenvalue weighted by Crippen LogP contribution is 2.44. The largest absolute Gasteiger partial charge is 0.468 e. The van der Waals surface area contributed by atoms with Crippen LogP contribution in [0.3, 0.4) is 0 Å². The average Bonchev–Trinajstić information content (AvgIpc) is 3.20. The number of hydrogen-bond donors (Lipinski definition) is 1. The molecule has 1 aliphatic rings. The van der Waals surface area contributed by atoms with E-state index in [-0.39, 0.29) is 31.5 Å². The van der Waals surface area contributed by atoms with Crippen LogP contribution < -0.4 is 10.1 Å². The lowest BCUT2D eigenvalue weighted by Crippen LogP contribution is -2.23. The predicted octanol–water partition coefficient (Wildman–Crippen LogP) is 4.54. The average molecular weight is 488 g/mol. The fourth-order valence-corrected chi connectivity index (χ4v) is 5.05. The fraction of sp³-hybridized carbons (Fsp3) is 0.400. The van der Waals surface area contributed by atoms with Crippen molar-refractivity contribution in [2.24, 2.45) is 0 Å². The number of nitrogens with one attached hydrogen (secondary N) is 1. The second-order valence-electron chi connectivity index (χ2n) is 7.50. The molecule has 2 aromatic rings. The molecule has 1 amide bonds. The summed E-state index contributed by atoms with van der Waals surface area (Å²) in [6.45, 7) is 4.07. The van der Waals surface area contributed by atoms with Crippen LogP contribution in [0.25, 0.3) is 6.08 Å². The summed E-state index contributed by atoms with van der Waals surface area (Å²) in [6, 6.07) is 7.18. The first kappa shape index (κ1) is 25.5. The zero-order chi connectivity index (χ0) is 24.5. The maximum atomic E-state index is 12.8. The molecule has 0 saturated carbocycles. The van der Waals surface area contributed by atoms with Gasteiger partial charge in [-0.05, 0) is 62.4 Å². The van der Waals surface area contributed by atoms with Crippen molar-refractivity contribution in [1.29, 1.82) is 0 Å². The Balaban J connectivity index is 1.82. The van der Waals surface area contributed by atoms with E-state index in [1.807, 2.05) is 12.1 Å². The number of hydrogen-bond acceptors (Lipinski definition) is 8. The van der Waals surface area contributed by atoms with Gasteiger partial charge in [-0.3, -0.25) is 9.59 Å². The Kier molecular flexibility index (Phi) is 9.24. The van der Waals surface area contributed by atoms with Crippen LogP contribution in [-0.4, -0.2) is 45.0 Å². The van der Waals surface area contributed by atoms with Crippen molar-refractivity contribution in [3.63, 3.8) is 0 Å². The number of aryl methyl sites for hydroxylation is 1. The molecule has 1 unspecified atom stereocenters. The minimum absolute atomic E-state index is 0.155. The van der Waals surface area contributed by atoms with Gasteiger partial charge in [-0.2, -0.15) is 0 Å². The molecule has 0 saturated heterocycles. The topological polar surface area (TPSA) is 100 Å². The molecule has 0 radical (unpaired) electrons. The van der Waals surface area contributed by atoms with Gasteiger partial charge in [0, 0.05) is 18.1 Å². The number of carbonyl (C=O) groups excluding carboxylic acids is 3. The Morgan fingerprint density at radius 3 is 2.53 bits per heavy atom. The fourth-order valence-electron chi connectivity index (χ4n) is 3.76. The minimum atomic E-state index is -0.554. The summed E-state index contributed by atoms with van der Waals surface area (Å²) in [5.41, 5.74) is 1.68. The highest BCUT2D eigenvalue weighted by atomic mass is 32.1. The first-order valence-electron chi connectivity index (χ1n) is 11.2. The number of methoxy groups -OCH3 is 1. The normalized spacial score (nSPS) is 15.0. The van der Waals surface area contributed by atoms with E-state index in [2.05, 4.69) is 5.32 Å². The molecule has 0 bridgehead atoms. The number of esters is 2. The van der Waals surface area contributed by atoms with E-state index in [4.69, 9.17) is 18.9 Å². The lowest BCUT2D eigenvalue weighted by atomic mass is 9.85. The summed E-state index contributed by atoms with van der Waals surface area (Å²) in [5, 5.41) is 3.19. The number of rotatable bonds is 10. The molecule has 1 heterocycles. The van der Waals surface area contributed by atoms with Crippen LogP contribution in [-0.2, 0) is 30.2 Å². The summed E-state index contributed by atoms with van der Waals surface area (Å²) >= 11 is 1.31. The van der Waals surface area contributed by atoms with E-state index in [1.165, 1.54) is 17.4 Å². The number of carbonyl (C=O) groups is 3. The lowest BCUT2D eigenvalue weighted by Gasteiger charge is -2.22. The van der Waals surface area contributed by atoms with Crippen molar-refractivity contribution < 1.29 is 33.3 Å². The third-order valence-corrected chi connectivity index (χ3v) is 6.39. The van der Waals surface area contributed by atoms with E-state index >= 15 is 0 Å². The van der Waals surface area contributed by atoms with Crippen molar-refractivity contribution in [2.75, 3.05) is 32.4 Å². The maximum absolute atomic E-state index is 12.8. The van der Waals surface area contributed by atoms with Gasteiger partial charge in [-0.1, -0.05) is 12.1 Å². The molecule has 1 N–H and O–H groups in total. The zero-order valence-corrected chi connectivity index (χ0v) is 20.4. The summed E-state index contributed by atoms with van der Waals surface area (Å²) in [7, 11) is 1.55. The van der Waals surface area contributed by atoms with Gasteiger partial charge < -0.3 is 24.3 Å². The third kappa shape index (κ3) is 6.24. The Morgan fingerprint density at radius 1 is 1.12 bits per heavy atom. The molecule has 0 spiro atoms. The second-order valence-corrected chi connectivity index (χ2v) is 8.61. The van der Waals surface area contributed by atoms with Crippen LogP contribution in [0, 0.1) is 0 Å². The molecular formula is C25H29NO7S. The van der Waals surface area contributed by atoms with E-state index in [9.17, 15) is 14.4 Å². The van der Waals surface area contributed by atoms with Gasteiger partial charge >= 0.3 is 11.9 Å². The van der Waals surface area contributed by atoms with Crippen LogP contribution in [0.15, 0.2) is 30.3 Å². The van der Waals surface area contributed by atoms with Crippen LogP contribution in [0.1, 0.15) is 59.0 Å². The summed E-state index contributed by atoms with van der Waals surface area (Å²) < 4.78 is 20.7. The molecule has 1 aromatic heterocycles. The molecule has 1 aliphatic carbocycles. The summed E-state index contributed by atoms with van der Waals surface area (Å²) in [5.74, 6) is -1.19. The molecule has 1 atom stereocenters. The molecule has 34 heavy (non-hydrogen) atoms. The number of amides is 1. The summed E-state index contributed by atoms with van der Waals surface area (Å²) in [4.78, 5) is 39.0. The number of ether oxygens (including phenoxy) is 4. The van der Waals surface area contributed by atoms with Crippen LogP contribution in [0.5, 0.6) is 5.75 Å². The van der Waals surface area contributed by atoms with Gasteiger partial charge in [-0.15, -0.1) is 11.3 Å². The molecule has 8 nitrogen and oxygen atoms in total. The molecule has 9 heteroatoms. The van der Waals surface area contributed by atoms with Crippen molar-refractivity contribution >= 4 is 40.3 Å². The molecule has 3 rings (SSSR count).